The van der Waals surface area contributed by atoms with Crippen LogP contribution in [-0.2, 0) is 10.7 Å². The maximum Gasteiger partial charge on any atom is 0.379 e. The number of aromatic nitrogens is 2. The number of aliphatic carboxylic acids is 1. The number of halogens is 2. The van der Waals surface area contributed by atoms with Gasteiger partial charge in [-0.3, -0.25) is 0 Å². The van der Waals surface area contributed by atoms with Crippen LogP contribution in [0, 0.1) is 0 Å². The third-order valence-corrected chi connectivity index (χ3v) is 2.05. The molecule has 6 heteroatoms. The van der Waals surface area contributed by atoms with E-state index in [-0.39, 0.29) is 0 Å². The Bertz CT molecular complexity index is 522. The number of alkyl halides is 2. The number of benzene rings is 1. The van der Waals surface area contributed by atoms with E-state index in [9.17, 15) is 13.6 Å². The Labute approximate surface area is 82.6 Å². The van der Waals surface area contributed by atoms with Crippen molar-refractivity contribution in [1.29, 1.82) is 0 Å². The lowest BCUT2D eigenvalue weighted by atomic mass is 10.1. The average molecular weight is 212 g/mol. The molecular formula is C9H6F2N2O2. The Hall–Kier alpha value is -1.98. The van der Waals surface area contributed by atoms with E-state index in [0.29, 0.717) is 11.0 Å². The number of H-pyrrole nitrogens is 1. The molecular weight excluding hydrogens is 206 g/mol. The van der Waals surface area contributed by atoms with Crippen molar-refractivity contribution in [1.82, 2.24) is 9.97 Å². The number of carboxylic acids is 1. The van der Waals surface area contributed by atoms with Gasteiger partial charge in [0.15, 0.2) is 0 Å². The van der Waals surface area contributed by atoms with E-state index < -0.39 is 17.5 Å². The predicted octanol–water partition coefficient (Wildman–Crippen LogP) is 1.74. The summed E-state index contributed by atoms with van der Waals surface area (Å²) in [5.74, 6) is -6.04. The highest BCUT2D eigenvalue weighted by molar-refractivity contribution is 5.81. The predicted molar refractivity (Wildman–Crippen MR) is 47.6 cm³/mol. The second kappa shape index (κ2) is 3.01. The van der Waals surface area contributed by atoms with Crippen LogP contribution in [0.1, 0.15) is 5.56 Å². The number of imidazole rings is 1. The minimum atomic E-state index is -3.88. The van der Waals surface area contributed by atoms with E-state index in [1.807, 2.05) is 0 Å². The topological polar surface area (TPSA) is 66.0 Å². The second-order valence-electron chi connectivity index (χ2n) is 3.01. The standard InChI is InChI=1S/C9H6F2N2O2/c10-9(11,8(14)15)5-1-2-6-7(3-5)13-4-12-6/h1-4H,(H,12,13)(H,14,15). The van der Waals surface area contributed by atoms with Gasteiger partial charge in [0.1, 0.15) is 0 Å². The Morgan fingerprint density at radius 2 is 2.20 bits per heavy atom. The highest BCUT2D eigenvalue weighted by atomic mass is 19.3. The molecule has 0 bridgehead atoms. The van der Waals surface area contributed by atoms with Crippen molar-refractivity contribution in [3.63, 3.8) is 0 Å². The third kappa shape index (κ3) is 1.43. The Morgan fingerprint density at radius 3 is 2.87 bits per heavy atom. The van der Waals surface area contributed by atoms with Gasteiger partial charge in [0.25, 0.3) is 0 Å². The fourth-order valence-electron chi connectivity index (χ4n) is 1.25. The van der Waals surface area contributed by atoms with Crippen molar-refractivity contribution in [2.24, 2.45) is 0 Å². The van der Waals surface area contributed by atoms with Crippen LogP contribution in [-0.4, -0.2) is 21.0 Å². The van der Waals surface area contributed by atoms with Crippen LogP contribution >= 0.6 is 0 Å². The zero-order valence-corrected chi connectivity index (χ0v) is 7.37. The van der Waals surface area contributed by atoms with Gasteiger partial charge >= 0.3 is 11.9 Å². The van der Waals surface area contributed by atoms with Gasteiger partial charge in [0, 0.05) is 5.56 Å². The number of nitrogens with one attached hydrogen (secondary N) is 1. The largest absolute Gasteiger partial charge is 0.477 e. The highest BCUT2D eigenvalue weighted by Crippen LogP contribution is 2.29. The molecule has 2 rings (SSSR count). The molecule has 78 valence electrons. The first-order valence-corrected chi connectivity index (χ1v) is 4.06. The Balaban J connectivity index is 2.57. The lowest BCUT2D eigenvalue weighted by Gasteiger charge is -2.10. The molecule has 1 heterocycles. The number of rotatable bonds is 2. The van der Waals surface area contributed by atoms with Crippen molar-refractivity contribution < 1.29 is 18.7 Å². The summed E-state index contributed by atoms with van der Waals surface area (Å²) in [5, 5.41) is 8.34. The van der Waals surface area contributed by atoms with Crippen LogP contribution in [0.15, 0.2) is 24.5 Å². The average Bonchev–Trinajstić information content (AvgIpc) is 2.63. The number of hydrogen-bond acceptors (Lipinski definition) is 2. The lowest BCUT2D eigenvalue weighted by Crippen LogP contribution is -2.25. The zero-order valence-electron chi connectivity index (χ0n) is 7.37. The van der Waals surface area contributed by atoms with Crippen LogP contribution < -0.4 is 0 Å². The zero-order chi connectivity index (χ0) is 11.1. The third-order valence-electron chi connectivity index (χ3n) is 2.05. The summed E-state index contributed by atoms with van der Waals surface area (Å²) < 4.78 is 26.2. The summed E-state index contributed by atoms with van der Waals surface area (Å²) in [5.41, 5.74) is 0.333. The van der Waals surface area contributed by atoms with Gasteiger partial charge in [-0.2, -0.15) is 8.78 Å². The van der Waals surface area contributed by atoms with Gasteiger partial charge in [-0.1, -0.05) is 6.07 Å². The summed E-state index contributed by atoms with van der Waals surface area (Å²) in [6.07, 6.45) is 1.35. The van der Waals surface area contributed by atoms with E-state index in [1.54, 1.807) is 0 Å². The maximum atomic E-state index is 13.1. The smallest absolute Gasteiger partial charge is 0.379 e. The van der Waals surface area contributed by atoms with Crippen LogP contribution in [0.3, 0.4) is 0 Å². The Morgan fingerprint density at radius 1 is 1.47 bits per heavy atom. The maximum absolute atomic E-state index is 13.1. The summed E-state index contributed by atoms with van der Waals surface area (Å²) in [6, 6.07) is 3.48. The Kier molecular flexibility index (Phi) is 1.92. The fourth-order valence-corrected chi connectivity index (χ4v) is 1.25. The summed E-state index contributed by atoms with van der Waals surface area (Å²) in [4.78, 5) is 16.8. The molecule has 2 aromatic rings. The first-order chi connectivity index (χ1) is 7.01. The van der Waals surface area contributed by atoms with E-state index in [0.717, 1.165) is 12.1 Å². The number of aromatic amines is 1. The lowest BCUT2D eigenvalue weighted by molar-refractivity contribution is -0.166. The van der Waals surface area contributed by atoms with E-state index in [1.165, 1.54) is 12.4 Å². The first kappa shape index (κ1) is 9.57. The van der Waals surface area contributed by atoms with Gasteiger partial charge < -0.3 is 10.1 Å². The molecule has 2 N–H and O–H groups in total. The number of carboxylic acid groups (broad SMARTS) is 1. The van der Waals surface area contributed by atoms with Crippen molar-refractivity contribution in [2.75, 3.05) is 0 Å². The van der Waals surface area contributed by atoms with Gasteiger partial charge in [-0.15, -0.1) is 0 Å². The molecule has 15 heavy (non-hydrogen) atoms. The summed E-state index contributed by atoms with van der Waals surface area (Å²) in [6.45, 7) is 0. The summed E-state index contributed by atoms with van der Waals surface area (Å²) >= 11 is 0. The fraction of sp³-hybridized carbons (Fsp3) is 0.111. The van der Waals surface area contributed by atoms with Crippen molar-refractivity contribution in [3.8, 4) is 0 Å². The molecule has 0 aliphatic rings. The summed E-state index contributed by atoms with van der Waals surface area (Å²) in [7, 11) is 0. The van der Waals surface area contributed by atoms with Crippen molar-refractivity contribution >= 4 is 17.0 Å². The minimum Gasteiger partial charge on any atom is -0.477 e. The molecule has 1 aromatic heterocycles. The SMILES string of the molecule is O=C(O)C(F)(F)c1ccc2nc[nH]c2c1. The molecule has 0 atom stereocenters. The van der Waals surface area contributed by atoms with E-state index >= 15 is 0 Å². The number of nitrogens with zero attached hydrogens (tertiary/aromatic N) is 1. The van der Waals surface area contributed by atoms with Crippen molar-refractivity contribution in [2.45, 2.75) is 5.92 Å². The van der Waals surface area contributed by atoms with Crippen molar-refractivity contribution in [3.05, 3.63) is 30.1 Å². The van der Waals surface area contributed by atoms with Gasteiger partial charge in [0.05, 0.1) is 17.4 Å². The molecule has 4 nitrogen and oxygen atoms in total. The highest BCUT2D eigenvalue weighted by Gasteiger charge is 2.41. The van der Waals surface area contributed by atoms with Crippen LogP contribution in [0.2, 0.25) is 0 Å². The molecule has 0 fully saturated rings. The van der Waals surface area contributed by atoms with Crippen LogP contribution in [0.25, 0.3) is 11.0 Å². The molecule has 0 saturated carbocycles. The second-order valence-corrected chi connectivity index (χ2v) is 3.01. The minimum absolute atomic E-state index is 0.383. The van der Waals surface area contributed by atoms with Crippen LogP contribution in [0.4, 0.5) is 8.78 Å². The molecule has 1 aromatic carbocycles. The first-order valence-electron chi connectivity index (χ1n) is 4.06. The molecule has 0 saturated heterocycles. The molecule has 0 unspecified atom stereocenters. The molecule has 0 aliphatic heterocycles. The normalized spacial score (nSPS) is 11.9. The molecule has 0 radical (unpaired) electrons. The van der Waals surface area contributed by atoms with E-state index in [2.05, 4.69) is 9.97 Å². The van der Waals surface area contributed by atoms with Crippen LogP contribution in [0.5, 0.6) is 0 Å². The number of hydrogen-bond donors (Lipinski definition) is 2. The van der Waals surface area contributed by atoms with Gasteiger partial charge in [-0.05, 0) is 12.1 Å². The number of carbonyl (C=O) groups is 1. The van der Waals surface area contributed by atoms with Gasteiger partial charge in [0.2, 0.25) is 0 Å². The molecule has 0 amide bonds. The molecule has 0 spiro atoms. The number of fused-ring (bicyclic) bond motifs is 1. The van der Waals surface area contributed by atoms with Gasteiger partial charge in [-0.25, -0.2) is 9.78 Å². The monoisotopic (exact) mass is 212 g/mol. The quantitative estimate of drug-likeness (QED) is 0.796. The van der Waals surface area contributed by atoms with E-state index in [4.69, 9.17) is 5.11 Å². The molecule has 0 aliphatic carbocycles.